The first kappa shape index (κ1) is 21.6. The molecule has 0 aliphatic rings. The summed E-state index contributed by atoms with van der Waals surface area (Å²) in [6, 6.07) is 10.7. The Bertz CT molecular complexity index is 872. The molecule has 0 bridgehead atoms. The van der Waals surface area contributed by atoms with Crippen molar-refractivity contribution in [1.29, 1.82) is 0 Å². The molecule has 0 spiro atoms. The summed E-state index contributed by atoms with van der Waals surface area (Å²) in [4.78, 5) is 7.08. The van der Waals surface area contributed by atoms with Gasteiger partial charge in [-0.1, -0.05) is 6.07 Å². The molecular formula is C19H27IN6S. The van der Waals surface area contributed by atoms with E-state index in [-0.39, 0.29) is 24.0 Å². The lowest BCUT2D eigenvalue weighted by Crippen LogP contribution is -2.43. The van der Waals surface area contributed by atoms with Crippen molar-refractivity contribution in [3.63, 3.8) is 0 Å². The number of aliphatic imine (C=N–C) groups is 1. The van der Waals surface area contributed by atoms with Crippen molar-refractivity contribution >= 4 is 46.9 Å². The minimum absolute atomic E-state index is 0. The van der Waals surface area contributed by atoms with Crippen molar-refractivity contribution in [3.8, 4) is 0 Å². The second-order valence-corrected chi connectivity index (χ2v) is 7.78. The van der Waals surface area contributed by atoms with Gasteiger partial charge in [-0.15, -0.1) is 45.5 Å². The van der Waals surface area contributed by atoms with Crippen molar-refractivity contribution in [1.82, 2.24) is 25.2 Å². The van der Waals surface area contributed by atoms with Crippen LogP contribution in [-0.2, 0) is 12.8 Å². The van der Waals surface area contributed by atoms with Crippen LogP contribution in [0.4, 0.5) is 0 Å². The predicted octanol–water partition coefficient (Wildman–Crippen LogP) is 3.45. The monoisotopic (exact) mass is 498 g/mol. The van der Waals surface area contributed by atoms with E-state index in [1.807, 2.05) is 47.2 Å². The highest BCUT2D eigenvalue weighted by Crippen LogP contribution is 2.16. The smallest absolute Gasteiger partial charge is 0.191 e. The molecule has 0 aromatic carbocycles. The van der Waals surface area contributed by atoms with E-state index in [1.54, 1.807) is 0 Å². The maximum atomic E-state index is 4.32. The van der Waals surface area contributed by atoms with E-state index in [0.717, 1.165) is 43.2 Å². The Morgan fingerprint density at radius 2 is 2.11 bits per heavy atom. The average molecular weight is 498 g/mol. The molecule has 6 nitrogen and oxygen atoms in total. The topological polar surface area (TPSA) is 66.6 Å². The molecule has 0 amide bonds. The molecule has 0 saturated carbocycles. The van der Waals surface area contributed by atoms with Crippen LogP contribution in [0.3, 0.4) is 0 Å². The summed E-state index contributed by atoms with van der Waals surface area (Å²) in [7, 11) is 1.81. The lowest BCUT2D eigenvalue weighted by molar-refractivity contribution is 0.637. The lowest BCUT2D eigenvalue weighted by atomic mass is 10.2. The first-order valence-electron chi connectivity index (χ1n) is 8.97. The number of guanidine groups is 1. The first-order valence-corrected chi connectivity index (χ1v) is 9.78. The number of aromatic nitrogens is 3. The van der Waals surface area contributed by atoms with Crippen LogP contribution in [0, 0.1) is 6.92 Å². The molecule has 3 aromatic heterocycles. The quantitative estimate of drug-likeness (QED) is 0.227. The van der Waals surface area contributed by atoms with Crippen molar-refractivity contribution in [3.05, 3.63) is 52.1 Å². The highest BCUT2D eigenvalue weighted by Gasteiger charge is 2.08. The molecule has 3 rings (SSSR count). The summed E-state index contributed by atoms with van der Waals surface area (Å²) < 4.78 is 2.04. The third kappa shape index (κ3) is 6.17. The van der Waals surface area contributed by atoms with Crippen LogP contribution in [0.25, 0.3) is 5.65 Å². The molecule has 0 saturated heterocycles. The van der Waals surface area contributed by atoms with Crippen LogP contribution in [0.2, 0.25) is 0 Å². The number of aryl methyl sites for hydroxylation is 2. The number of halogens is 1. The molecular weight excluding hydrogens is 471 g/mol. The maximum absolute atomic E-state index is 4.32. The zero-order valence-electron chi connectivity index (χ0n) is 16.0. The minimum atomic E-state index is 0. The fourth-order valence-electron chi connectivity index (χ4n) is 2.89. The molecule has 0 aliphatic heterocycles. The Morgan fingerprint density at radius 1 is 1.26 bits per heavy atom. The van der Waals surface area contributed by atoms with Crippen molar-refractivity contribution in [2.24, 2.45) is 4.99 Å². The fraction of sp³-hybridized carbons (Fsp3) is 0.421. The largest absolute Gasteiger partial charge is 0.356 e. The molecule has 1 unspecified atom stereocenters. The van der Waals surface area contributed by atoms with Crippen LogP contribution >= 0.6 is 35.3 Å². The second-order valence-electron chi connectivity index (χ2n) is 6.41. The van der Waals surface area contributed by atoms with E-state index in [0.29, 0.717) is 6.04 Å². The Kier molecular flexibility index (Phi) is 8.49. The molecule has 146 valence electrons. The lowest BCUT2D eigenvalue weighted by Gasteiger charge is -2.17. The Labute approximate surface area is 181 Å². The van der Waals surface area contributed by atoms with Crippen molar-refractivity contribution in [2.45, 2.75) is 39.2 Å². The van der Waals surface area contributed by atoms with Gasteiger partial charge in [0, 0.05) is 48.4 Å². The van der Waals surface area contributed by atoms with E-state index in [2.05, 4.69) is 51.8 Å². The normalized spacial score (nSPS) is 12.6. The van der Waals surface area contributed by atoms with Gasteiger partial charge in [-0.3, -0.25) is 9.39 Å². The Hall–Kier alpha value is -1.68. The maximum Gasteiger partial charge on any atom is 0.191 e. The number of nitrogens with one attached hydrogen (secondary N) is 2. The molecule has 2 N–H and O–H groups in total. The Morgan fingerprint density at radius 3 is 2.85 bits per heavy atom. The van der Waals surface area contributed by atoms with Gasteiger partial charge in [0.25, 0.3) is 0 Å². The summed E-state index contributed by atoms with van der Waals surface area (Å²) >= 11 is 1.86. The second kappa shape index (κ2) is 10.6. The molecule has 3 heterocycles. The van der Waals surface area contributed by atoms with Crippen molar-refractivity contribution < 1.29 is 0 Å². The molecule has 0 radical (unpaired) electrons. The SMILES string of the molecule is CN=C(NCCCc1nnc2ccccn12)NC(C)Cc1ccc(C)s1.I. The number of thiophene rings is 1. The zero-order chi connectivity index (χ0) is 18.4. The third-order valence-corrected chi connectivity index (χ3v) is 5.19. The standard InChI is InChI=1S/C19H26N6S.HI/c1-14(13-16-10-9-15(2)26-16)22-19(20-3)21-11-6-8-18-24-23-17-7-4-5-12-25(17)18;/h4-5,7,9-10,12,14H,6,8,11,13H2,1-3H3,(H2,20,21,22);1H. The average Bonchev–Trinajstić information content (AvgIpc) is 3.23. The number of hydrogen-bond donors (Lipinski definition) is 2. The van der Waals surface area contributed by atoms with Gasteiger partial charge in [0.15, 0.2) is 11.6 Å². The van der Waals surface area contributed by atoms with Crippen LogP contribution in [0.1, 0.15) is 28.9 Å². The van der Waals surface area contributed by atoms with Gasteiger partial charge in [0.05, 0.1) is 0 Å². The molecule has 3 aromatic rings. The Balaban J connectivity index is 0.00000261. The third-order valence-electron chi connectivity index (χ3n) is 4.16. The summed E-state index contributed by atoms with van der Waals surface area (Å²) in [6.07, 6.45) is 4.85. The summed E-state index contributed by atoms with van der Waals surface area (Å²) in [5.41, 5.74) is 0.894. The van der Waals surface area contributed by atoms with Gasteiger partial charge in [0.2, 0.25) is 0 Å². The summed E-state index contributed by atoms with van der Waals surface area (Å²) in [5.74, 6) is 1.84. The van der Waals surface area contributed by atoms with Gasteiger partial charge >= 0.3 is 0 Å². The van der Waals surface area contributed by atoms with Crippen LogP contribution in [0.15, 0.2) is 41.5 Å². The molecule has 0 fully saturated rings. The van der Waals surface area contributed by atoms with Gasteiger partial charge in [-0.05, 0) is 44.5 Å². The zero-order valence-corrected chi connectivity index (χ0v) is 19.1. The number of rotatable bonds is 7. The van der Waals surface area contributed by atoms with E-state index >= 15 is 0 Å². The number of nitrogens with zero attached hydrogens (tertiary/aromatic N) is 4. The molecule has 0 aliphatic carbocycles. The first-order chi connectivity index (χ1) is 12.7. The van der Waals surface area contributed by atoms with Gasteiger partial charge in [0.1, 0.15) is 5.82 Å². The highest BCUT2D eigenvalue weighted by molar-refractivity contribution is 14.0. The van der Waals surface area contributed by atoms with Gasteiger partial charge in [-0.25, -0.2) is 0 Å². The van der Waals surface area contributed by atoms with Gasteiger partial charge < -0.3 is 10.6 Å². The predicted molar refractivity (Wildman–Crippen MR) is 123 cm³/mol. The molecule has 8 heteroatoms. The number of pyridine rings is 1. The molecule has 27 heavy (non-hydrogen) atoms. The van der Waals surface area contributed by atoms with Crippen LogP contribution < -0.4 is 10.6 Å². The van der Waals surface area contributed by atoms with Crippen LogP contribution in [0.5, 0.6) is 0 Å². The van der Waals surface area contributed by atoms with Crippen molar-refractivity contribution in [2.75, 3.05) is 13.6 Å². The van der Waals surface area contributed by atoms with E-state index < -0.39 is 0 Å². The van der Waals surface area contributed by atoms with E-state index in [1.165, 1.54) is 9.75 Å². The van der Waals surface area contributed by atoms with E-state index in [9.17, 15) is 0 Å². The summed E-state index contributed by atoms with van der Waals surface area (Å²) in [6.45, 7) is 5.17. The highest BCUT2D eigenvalue weighted by atomic mass is 127. The number of hydrogen-bond acceptors (Lipinski definition) is 4. The number of fused-ring (bicyclic) bond motifs is 1. The molecule has 1 atom stereocenters. The van der Waals surface area contributed by atoms with Gasteiger partial charge in [-0.2, -0.15) is 0 Å². The van der Waals surface area contributed by atoms with Crippen LogP contribution in [-0.4, -0.2) is 40.2 Å². The van der Waals surface area contributed by atoms with E-state index in [4.69, 9.17) is 0 Å². The summed E-state index contributed by atoms with van der Waals surface area (Å²) in [5, 5.41) is 15.3. The minimum Gasteiger partial charge on any atom is -0.356 e. The fourth-order valence-corrected chi connectivity index (χ4v) is 3.91.